The van der Waals surface area contributed by atoms with E-state index < -0.39 is 5.82 Å². The Morgan fingerprint density at radius 3 is 2.61 bits per heavy atom. The number of hydrogen-bond donors (Lipinski definition) is 0. The fraction of sp³-hybridized carbons (Fsp3) is 0.0833. The first-order valence-corrected chi connectivity index (χ1v) is 5.73. The molecule has 0 aliphatic rings. The summed E-state index contributed by atoms with van der Waals surface area (Å²) in [6.07, 6.45) is 0.564. The van der Waals surface area contributed by atoms with Crippen molar-refractivity contribution in [3.8, 4) is 11.3 Å². The van der Waals surface area contributed by atoms with Crippen molar-refractivity contribution < 1.29 is 9.18 Å². The molecular formula is C12H7Cl2FN2O. The largest absolute Gasteiger partial charge is 0.298 e. The quantitative estimate of drug-likeness (QED) is 0.624. The summed E-state index contributed by atoms with van der Waals surface area (Å²) in [6.45, 7) is 1.65. The minimum absolute atomic E-state index is 0.0447. The Morgan fingerprint density at radius 2 is 2.00 bits per heavy atom. The molecule has 0 unspecified atom stereocenters. The van der Waals surface area contributed by atoms with Crippen LogP contribution in [0.2, 0.25) is 10.2 Å². The molecule has 0 amide bonds. The van der Waals surface area contributed by atoms with Crippen LogP contribution in [-0.2, 0) is 0 Å². The Bertz CT molecular complexity index is 632. The number of aromatic nitrogens is 2. The molecule has 0 bridgehead atoms. The Balaban J connectivity index is 2.69. The van der Waals surface area contributed by atoms with Crippen molar-refractivity contribution >= 4 is 29.5 Å². The smallest absolute Gasteiger partial charge is 0.155 e. The molecule has 0 radical (unpaired) electrons. The monoisotopic (exact) mass is 284 g/mol. The van der Waals surface area contributed by atoms with Gasteiger partial charge in [-0.1, -0.05) is 23.2 Å². The molecule has 0 atom stereocenters. The van der Waals surface area contributed by atoms with E-state index in [1.165, 1.54) is 18.2 Å². The lowest BCUT2D eigenvalue weighted by Crippen LogP contribution is -1.99. The lowest BCUT2D eigenvalue weighted by Gasteiger charge is -2.07. The summed E-state index contributed by atoms with van der Waals surface area (Å²) in [6, 6.07) is 4.08. The first-order valence-electron chi connectivity index (χ1n) is 4.97. The molecule has 0 spiro atoms. The lowest BCUT2D eigenvalue weighted by atomic mass is 10.1. The third-order valence-electron chi connectivity index (χ3n) is 2.32. The molecule has 0 saturated carbocycles. The van der Waals surface area contributed by atoms with E-state index in [-0.39, 0.29) is 15.7 Å². The van der Waals surface area contributed by atoms with Crippen LogP contribution in [0, 0.1) is 12.7 Å². The third-order valence-corrected chi connectivity index (χ3v) is 2.90. The van der Waals surface area contributed by atoms with Gasteiger partial charge in [-0.2, -0.15) is 0 Å². The summed E-state index contributed by atoms with van der Waals surface area (Å²) in [5, 5.41) is 0.0182. The number of halogens is 3. The topological polar surface area (TPSA) is 42.9 Å². The predicted octanol–water partition coefficient (Wildman–Crippen LogP) is 3.71. The molecule has 0 fully saturated rings. The maximum Gasteiger partial charge on any atom is 0.155 e. The van der Waals surface area contributed by atoms with E-state index in [2.05, 4.69) is 9.97 Å². The van der Waals surface area contributed by atoms with Crippen molar-refractivity contribution in [1.29, 1.82) is 0 Å². The Labute approximate surface area is 113 Å². The molecule has 3 nitrogen and oxygen atoms in total. The predicted molar refractivity (Wildman–Crippen MR) is 67.6 cm³/mol. The number of carbonyl (C=O) groups excluding carboxylic acids is 1. The standard InChI is InChI=1S/C12H7Cl2FN2O/c1-6-16-11(8(5-18)12(14)17-6)7-2-3-10(15)9(13)4-7/h2-5H,1H3. The van der Waals surface area contributed by atoms with Crippen LogP contribution in [0.25, 0.3) is 11.3 Å². The van der Waals surface area contributed by atoms with E-state index in [9.17, 15) is 9.18 Å². The maximum absolute atomic E-state index is 13.1. The number of carbonyl (C=O) groups is 1. The molecule has 0 aliphatic carbocycles. The molecule has 2 rings (SSSR count). The van der Waals surface area contributed by atoms with Gasteiger partial charge in [0.2, 0.25) is 0 Å². The van der Waals surface area contributed by atoms with Crippen LogP contribution in [0.3, 0.4) is 0 Å². The maximum atomic E-state index is 13.1. The molecule has 92 valence electrons. The van der Waals surface area contributed by atoms with Crippen LogP contribution in [0.1, 0.15) is 16.2 Å². The summed E-state index contributed by atoms with van der Waals surface area (Å²) in [4.78, 5) is 19.0. The molecule has 0 N–H and O–H groups in total. The van der Waals surface area contributed by atoms with E-state index in [1.807, 2.05) is 0 Å². The van der Waals surface area contributed by atoms with Crippen LogP contribution in [0.5, 0.6) is 0 Å². The molecule has 6 heteroatoms. The number of nitrogens with zero attached hydrogens (tertiary/aromatic N) is 2. The van der Waals surface area contributed by atoms with E-state index >= 15 is 0 Å². The molecule has 1 aromatic heterocycles. The highest BCUT2D eigenvalue weighted by Gasteiger charge is 2.14. The van der Waals surface area contributed by atoms with Gasteiger partial charge in [0.1, 0.15) is 16.8 Å². The number of hydrogen-bond acceptors (Lipinski definition) is 3. The molecule has 1 heterocycles. The van der Waals surface area contributed by atoms with Gasteiger partial charge in [0, 0.05) is 5.56 Å². The van der Waals surface area contributed by atoms with Gasteiger partial charge in [-0.15, -0.1) is 0 Å². The molecule has 18 heavy (non-hydrogen) atoms. The van der Waals surface area contributed by atoms with Crippen LogP contribution >= 0.6 is 23.2 Å². The van der Waals surface area contributed by atoms with Crippen LogP contribution in [-0.4, -0.2) is 16.3 Å². The summed E-state index contributed by atoms with van der Waals surface area (Å²) < 4.78 is 13.1. The van der Waals surface area contributed by atoms with Gasteiger partial charge in [0.25, 0.3) is 0 Å². The van der Waals surface area contributed by atoms with Crippen molar-refractivity contribution in [2.75, 3.05) is 0 Å². The van der Waals surface area contributed by atoms with Crippen LogP contribution in [0.15, 0.2) is 18.2 Å². The van der Waals surface area contributed by atoms with Crippen molar-refractivity contribution in [2.24, 2.45) is 0 Å². The van der Waals surface area contributed by atoms with Gasteiger partial charge in [0.15, 0.2) is 6.29 Å². The zero-order valence-corrected chi connectivity index (χ0v) is 10.8. The van der Waals surface area contributed by atoms with Gasteiger partial charge in [-0.25, -0.2) is 14.4 Å². The molecule has 1 aromatic carbocycles. The Hall–Kier alpha value is -1.52. The van der Waals surface area contributed by atoms with Crippen molar-refractivity contribution in [2.45, 2.75) is 6.92 Å². The van der Waals surface area contributed by atoms with Crippen molar-refractivity contribution in [3.05, 3.63) is 45.6 Å². The van der Waals surface area contributed by atoms with E-state index in [1.54, 1.807) is 6.92 Å². The zero-order chi connectivity index (χ0) is 13.3. The first-order chi connectivity index (χ1) is 8.52. The van der Waals surface area contributed by atoms with E-state index in [0.29, 0.717) is 23.4 Å². The lowest BCUT2D eigenvalue weighted by molar-refractivity contribution is 0.112. The second-order valence-corrected chi connectivity index (χ2v) is 4.34. The van der Waals surface area contributed by atoms with Crippen molar-refractivity contribution in [1.82, 2.24) is 9.97 Å². The number of aryl methyl sites for hydroxylation is 1. The van der Waals surface area contributed by atoms with Gasteiger partial charge in [-0.3, -0.25) is 4.79 Å². The van der Waals surface area contributed by atoms with Crippen LogP contribution in [0.4, 0.5) is 4.39 Å². The second kappa shape index (κ2) is 5.00. The summed E-state index contributed by atoms with van der Waals surface area (Å²) in [5.74, 6) is -0.119. The summed E-state index contributed by atoms with van der Waals surface area (Å²) >= 11 is 11.6. The second-order valence-electron chi connectivity index (χ2n) is 3.57. The highest BCUT2D eigenvalue weighted by molar-refractivity contribution is 6.32. The fourth-order valence-electron chi connectivity index (χ4n) is 1.51. The SMILES string of the molecule is Cc1nc(Cl)c(C=O)c(-c2ccc(F)c(Cl)c2)n1. The molecule has 0 aliphatic heterocycles. The summed E-state index contributed by atoms with van der Waals surface area (Å²) in [7, 11) is 0. The highest BCUT2D eigenvalue weighted by atomic mass is 35.5. The number of rotatable bonds is 2. The van der Waals surface area contributed by atoms with Crippen molar-refractivity contribution in [3.63, 3.8) is 0 Å². The Kier molecular flexibility index (Phi) is 3.59. The minimum atomic E-state index is -0.537. The number of benzene rings is 1. The van der Waals surface area contributed by atoms with Crippen LogP contribution < -0.4 is 0 Å². The fourth-order valence-corrected chi connectivity index (χ4v) is 1.95. The zero-order valence-electron chi connectivity index (χ0n) is 9.25. The Morgan fingerprint density at radius 1 is 1.28 bits per heavy atom. The molecule has 0 saturated heterocycles. The van der Waals surface area contributed by atoms with Gasteiger partial charge < -0.3 is 0 Å². The number of aldehydes is 1. The summed E-state index contributed by atoms with van der Waals surface area (Å²) in [5.41, 5.74) is 1.00. The first kappa shape index (κ1) is 12.9. The average molecular weight is 285 g/mol. The molecule has 2 aromatic rings. The highest BCUT2D eigenvalue weighted by Crippen LogP contribution is 2.28. The van der Waals surface area contributed by atoms with E-state index in [4.69, 9.17) is 23.2 Å². The molecular weight excluding hydrogens is 278 g/mol. The third kappa shape index (κ3) is 2.35. The minimum Gasteiger partial charge on any atom is -0.298 e. The normalized spacial score (nSPS) is 10.4. The van der Waals surface area contributed by atoms with Gasteiger partial charge in [0.05, 0.1) is 16.3 Å². The average Bonchev–Trinajstić information content (AvgIpc) is 2.32. The van der Waals surface area contributed by atoms with Gasteiger partial charge >= 0.3 is 0 Å². The van der Waals surface area contributed by atoms with E-state index in [0.717, 1.165) is 0 Å². The van der Waals surface area contributed by atoms with Gasteiger partial charge in [-0.05, 0) is 25.1 Å².